The van der Waals surface area contributed by atoms with Crippen molar-refractivity contribution < 1.29 is 8.83 Å². The molecule has 2 heterocycles. The summed E-state index contributed by atoms with van der Waals surface area (Å²) in [6.07, 6.45) is 0. The van der Waals surface area contributed by atoms with Gasteiger partial charge in [0.1, 0.15) is 22.3 Å². The minimum absolute atomic E-state index is 0.0810. The Morgan fingerprint density at radius 2 is 1.03 bits per heavy atom. The van der Waals surface area contributed by atoms with Gasteiger partial charge in [-0.25, -0.2) is 0 Å². The molecule has 0 aliphatic heterocycles. The van der Waals surface area contributed by atoms with Crippen LogP contribution in [0.5, 0.6) is 0 Å². The fourth-order valence-electron chi connectivity index (χ4n) is 4.24. The quantitative estimate of drug-likeness (QED) is 0.267. The molecular weight excluding hydrogens is 432 g/mol. The van der Waals surface area contributed by atoms with Crippen LogP contribution in [0.4, 0.5) is 0 Å². The third-order valence-electron chi connectivity index (χ3n) is 5.85. The van der Waals surface area contributed by atoms with E-state index in [2.05, 4.69) is 0 Å². The average Bonchev–Trinajstić information content (AvgIpc) is 2.79. The number of fused-ring (bicyclic) bond motifs is 4. The predicted octanol–water partition coefficient (Wildman–Crippen LogP) is 6.97. The summed E-state index contributed by atoms with van der Waals surface area (Å²) in [5.41, 5.74) is 4.09. The molecule has 0 aliphatic carbocycles. The maximum atomic E-state index is 13.4. The van der Waals surface area contributed by atoms with Crippen LogP contribution in [-0.2, 0) is 0 Å². The van der Waals surface area contributed by atoms with Crippen LogP contribution >= 0.6 is 11.8 Å². The fraction of sp³-hybridized carbons (Fsp3) is 0.0714. The minimum Gasteiger partial charge on any atom is -0.456 e. The van der Waals surface area contributed by atoms with Gasteiger partial charge in [-0.3, -0.25) is 9.59 Å². The molecule has 0 radical (unpaired) electrons. The van der Waals surface area contributed by atoms with E-state index in [0.29, 0.717) is 43.9 Å². The molecule has 0 fully saturated rings. The topological polar surface area (TPSA) is 60.4 Å². The molecule has 160 valence electrons. The first-order valence-electron chi connectivity index (χ1n) is 10.6. The molecule has 0 bridgehead atoms. The smallest absolute Gasteiger partial charge is 0.201 e. The molecule has 0 atom stereocenters. The third kappa shape index (κ3) is 3.16. The minimum atomic E-state index is -0.0810. The number of hydrogen-bond acceptors (Lipinski definition) is 5. The molecule has 33 heavy (non-hydrogen) atoms. The van der Waals surface area contributed by atoms with E-state index in [-0.39, 0.29) is 10.9 Å². The van der Waals surface area contributed by atoms with Crippen molar-refractivity contribution in [3.05, 3.63) is 104 Å². The molecule has 0 saturated carbocycles. The van der Waals surface area contributed by atoms with Crippen molar-refractivity contribution in [1.82, 2.24) is 0 Å². The fourth-order valence-corrected chi connectivity index (χ4v) is 5.36. The lowest BCUT2D eigenvalue weighted by atomic mass is 10.1. The van der Waals surface area contributed by atoms with Crippen LogP contribution in [-0.4, -0.2) is 0 Å². The third-order valence-corrected chi connectivity index (χ3v) is 6.97. The normalized spacial score (nSPS) is 11.7. The van der Waals surface area contributed by atoms with Crippen LogP contribution in [0.3, 0.4) is 0 Å². The average molecular weight is 451 g/mol. The summed E-state index contributed by atoms with van der Waals surface area (Å²) in [4.78, 5) is 28.3. The van der Waals surface area contributed by atoms with Gasteiger partial charge in [0.05, 0.1) is 21.5 Å². The molecule has 6 aromatic rings. The van der Waals surface area contributed by atoms with Crippen molar-refractivity contribution in [2.45, 2.75) is 23.6 Å². The van der Waals surface area contributed by atoms with Gasteiger partial charge in [0.15, 0.2) is 0 Å². The number of hydrogen-bond donors (Lipinski definition) is 0. The Bertz CT molecular complexity index is 1720. The second-order valence-electron chi connectivity index (χ2n) is 8.22. The van der Waals surface area contributed by atoms with E-state index in [1.807, 2.05) is 62.4 Å². The summed E-state index contributed by atoms with van der Waals surface area (Å²) in [5.74, 6) is 0. The summed E-state index contributed by atoms with van der Waals surface area (Å²) >= 11 is 1.38. The lowest BCUT2D eigenvalue weighted by Crippen LogP contribution is -2.05. The van der Waals surface area contributed by atoms with Crippen LogP contribution < -0.4 is 10.9 Å². The molecule has 0 aliphatic rings. The Hall–Kier alpha value is -3.83. The molecule has 0 amide bonds. The zero-order chi connectivity index (χ0) is 22.7. The largest absolute Gasteiger partial charge is 0.456 e. The Balaban J connectivity index is 1.61. The first-order chi connectivity index (χ1) is 16.0. The number of rotatable bonds is 2. The molecule has 0 N–H and O–H groups in total. The van der Waals surface area contributed by atoms with Crippen molar-refractivity contribution in [1.29, 1.82) is 0 Å². The van der Waals surface area contributed by atoms with Crippen molar-refractivity contribution >= 4 is 55.6 Å². The van der Waals surface area contributed by atoms with Gasteiger partial charge in [-0.2, -0.15) is 0 Å². The van der Waals surface area contributed by atoms with Gasteiger partial charge < -0.3 is 8.83 Å². The van der Waals surface area contributed by atoms with Crippen molar-refractivity contribution in [3.63, 3.8) is 0 Å². The van der Waals surface area contributed by atoms with Crippen LogP contribution in [0.15, 0.2) is 101 Å². The Kier molecular flexibility index (Phi) is 4.42. The van der Waals surface area contributed by atoms with Gasteiger partial charge >= 0.3 is 0 Å². The zero-order valence-electron chi connectivity index (χ0n) is 18.0. The van der Waals surface area contributed by atoms with Crippen molar-refractivity contribution in [2.24, 2.45) is 0 Å². The number of aryl methyl sites for hydroxylation is 2. The molecule has 2 aromatic heterocycles. The molecule has 4 nitrogen and oxygen atoms in total. The SMILES string of the molecule is Cc1ccc2c(=O)c3c(Sc4cccc5oc6cc(C)ccc6c(=O)c45)cccc3oc2c1. The second-order valence-corrected chi connectivity index (χ2v) is 9.31. The first-order valence-corrected chi connectivity index (χ1v) is 11.4. The van der Waals surface area contributed by atoms with Gasteiger partial charge in [0, 0.05) is 9.79 Å². The highest BCUT2D eigenvalue weighted by Gasteiger charge is 2.16. The molecule has 4 aromatic carbocycles. The van der Waals surface area contributed by atoms with Gasteiger partial charge in [-0.1, -0.05) is 36.0 Å². The van der Waals surface area contributed by atoms with E-state index >= 15 is 0 Å². The summed E-state index contributed by atoms with van der Waals surface area (Å²) in [6.45, 7) is 3.93. The molecule has 5 heteroatoms. The lowest BCUT2D eigenvalue weighted by molar-refractivity contribution is 0.658. The van der Waals surface area contributed by atoms with Gasteiger partial charge in [0.2, 0.25) is 10.9 Å². The molecule has 0 saturated heterocycles. The van der Waals surface area contributed by atoms with Crippen LogP contribution in [0.1, 0.15) is 11.1 Å². The second kappa shape index (κ2) is 7.36. The van der Waals surface area contributed by atoms with Crippen LogP contribution in [0.2, 0.25) is 0 Å². The van der Waals surface area contributed by atoms with Crippen molar-refractivity contribution in [2.75, 3.05) is 0 Å². The van der Waals surface area contributed by atoms with Crippen molar-refractivity contribution in [3.8, 4) is 0 Å². The first kappa shape index (κ1) is 19.8. The molecular formula is C28H18O4S. The van der Waals surface area contributed by atoms with Crippen LogP contribution in [0, 0.1) is 13.8 Å². The van der Waals surface area contributed by atoms with Gasteiger partial charge in [0.25, 0.3) is 0 Å². The maximum Gasteiger partial charge on any atom is 0.201 e. The Labute approximate surface area is 192 Å². The van der Waals surface area contributed by atoms with Gasteiger partial charge in [-0.15, -0.1) is 0 Å². The molecule has 0 unspecified atom stereocenters. The number of benzene rings is 4. The highest BCUT2D eigenvalue weighted by atomic mass is 32.2. The van der Waals surface area contributed by atoms with Gasteiger partial charge in [-0.05, 0) is 73.5 Å². The summed E-state index contributed by atoms with van der Waals surface area (Å²) in [5, 5.41) is 2.10. The van der Waals surface area contributed by atoms with E-state index in [1.54, 1.807) is 24.3 Å². The monoisotopic (exact) mass is 450 g/mol. The zero-order valence-corrected chi connectivity index (χ0v) is 18.8. The predicted molar refractivity (Wildman–Crippen MR) is 134 cm³/mol. The summed E-state index contributed by atoms with van der Waals surface area (Å²) < 4.78 is 12.1. The Morgan fingerprint density at radius 3 is 1.48 bits per heavy atom. The summed E-state index contributed by atoms with van der Waals surface area (Å²) in [7, 11) is 0. The van der Waals surface area contributed by atoms with E-state index < -0.39 is 0 Å². The lowest BCUT2D eigenvalue weighted by Gasteiger charge is -2.10. The van der Waals surface area contributed by atoms with E-state index in [1.165, 1.54) is 11.8 Å². The standard InChI is InChI=1S/C28H18O4S/c1-15-9-11-17-21(13-15)31-19-5-3-7-23(25(19)27(17)29)33-24-8-4-6-20-26(24)28(30)18-12-10-16(2)14-22(18)32-20/h3-14H,1-2H3. The Morgan fingerprint density at radius 1 is 0.576 bits per heavy atom. The highest BCUT2D eigenvalue weighted by molar-refractivity contribution is 7.99. The van der Waals surface area contributed by atoms with E-state index in [0.717, 1.165) is 20.9 Å². The van der Waals surface area contributed by atoms with Crippen LogP contribution in [0.25, 0.3) is 43.9 Å². The van der Waals surface area contributed by atoms with E-state index in [9.17, 15) is 9.59 Å². The molecule has 6 rings (SSSR count). The summed E-state index contributed by atoms with van der Waals surface area (Å²) in [6, 6.07) is 22.3. The maximum absolute atomic E-state index is 13.4. The highest BCUT2D eigenvalue weighted by Crippen LogP contribution is 2.37. The van der Waals surface area contributed by atoms with E-state index in [4.69, 9.17) is 8.83 Å². The molecule has 0 spiro atoms.